The van der Waals surface area contributed by atoms with Gasteiger partial charge in [-0.15, -0.1) is 0 Å². The van der Waals surface area contributed by atoms with Gasteiger partial charge in [-0.25, -0.2) is 4.79 Å². The average molecular weight is 278 g/mol. The van der Waals surface area contributed by atoms with E-state index < -0.39 is 0 Å². The lowest BCUT2D eigenvalue weighted by atomic mass is 10.1. The number of hydrogen-bond acceptors (Lipinski definition) is 2. The first-order valence-electron chi connectivity index (χ1n) is 7.84. The highest BCUT2D eigenvalue weighted by Gasteiger charge is 2.14. The molecule has 0 heterocycles. The maximum Gasteiger partial charge on any atom is 0.338 e. The molecule has 1 rings (SSSR count). The van der Waals surface area contributed by atoms with Crippen LogP contribution in [0.25, 0.3) is 0 Å². The Balaban J connectivity index is 0.00000172. The van der Waals surface area contributed by atoms with E-state index in [-0.39, 0.29) is 12.1 Å². The third-order valence-corrected chi connectivity index (χ3v) is 3.24. The van der Waals surface area contributed by atoms with Gasteiger partial charge in [-0.1, -0.05) is 53.2 Å². The number of esters is 1. The van der Waals surface area contributed by atoms with Gasteiger partial charge < -0.3 is 4.74 Å². The molecule has 0 amide bonds. The summed E-state index contributed by atoms with van der Waals surface area (Å²) in [6.07, 6.45) is 3.41. The van der Waals surface area contributed by atoms with Gasteiger partial charge in [0.15, 0.2) is 0 Å². The maximum absolute atomic E-state index is 11.9. The molecule has 2 nitrogen and oxygen atoms in total. The van der Waals surface area contributed by atoms with Crippen molar-refractivity contribution in [3.05, 3.63) is 35.4 Å². The van der Waals surface area contributed by atoms with Crippen LogP contribution in [-0.2, 0) is 11.2 Å². The van der Waals surface area contributed by atoms with Crippen LogP contribution in [0.4, 0.5) is 0 Å². The van der Waals surface area contributed by atoms with Crippen molar-refractivity contribution in [2.75, 3.05) is 0 Å². The zero-order valence-electron chi connectivity index (χ0n) is 13.9. The largest absolute Gasteiger partial charge is 0.459 e. The van der Waals surface area contributed by atoms with E-state index in [1.165, 1.54) is 18.4 Å². The van der Waals surface area contributed by atoms with Crippen LogP contribution in [0, 0.1) is 5.92 Å². The van der Waals surface area contributed by atoms with E-state index in [1.807, 2.05) is 58.9 Å². The quantitative estimate of drug-likeness (QED) is 0.664. The molecule has 2 heteroatoms. The van der Waals surface area contributed by atoms with Crippen LogP contribution >= 0.6 is 0 Å². The molecule has 114 valence electrons. The normalized spacial score (nSPS) is 11.6. The van der Waals surface area contributed by atoms with Crippen LogP contribution in [0.1, 0.15) is 70.3 Å². The van der Waals surface area contributed by atoms with Gasteiger partial charge in [-0.05, 0) is 43.4 Å². The van der Waals surface area contributed by atoms with Crippen molar-refractivity contribution in [3.8, 4) is 0 Å². The Labute approximate surface area is 124 Å². The van der Waals surface area contributed by atoms with Gasteiger partial charge in [0, 0.05) is 0 Å². The van der Waals surface area contributed by atoms with E-state index >= 15 is 0 Å². The minimum atomic E-state index is -0.224. The predicted molar refractivity (Wildman–Crippen MR) is 86.1 cm³/mol. The molecule has 0 spiro atoms. The lowest BCUT2D eigenvalue weighted by molar-refractivity contribution is 0.0238. The van der Waals surface area contributed by atoms with Crippen LogP contribution < -0.4 is 0 Å². The molecule has 1 atom stereocenters. The first-order valence-corrected chi connectivity index (χ1v) is 7.84. The van der Waals surface area contributed by atoms with E-state index in [9.17, 15) is 4.79 Å². The first kappa shape index (κ1) is 18.7. The Hall–Kier alpha value is -1.31. The summed E-state index contributed by atoms with van der Waals surface area (Å²) in [7, 11) is 0. The summed E-state index contributed by atoms with van der Waals surface area (Å²) in [5.74, 6) is 0.121. The zero-order valence-corrected chi connectivity index (χ0v) is 13.9. The average Bonchev–Trinajstić information content (AvgIpc) is 2.47. The van der Waals surface area contributed by atoms with Gasteiger partial charge >= 0.3 is 5.97 Å². The fraction of sp³-hybridized carbons (Fsp3) is 0.611. The maximum atomic E-state index is 11.9. The molecular formula is C18H30O2. The number of rotatable bonds is 6. The van der Waals surface area contributed by atoms with Crippen LogP contribution in [0.5, 0.6) is 0 Å². The van der Waals surface area contributed by atoms with Crippen LogP contribution in [0.15, 0.2) is 24.3 Å². The number of carbonyl (C=O) groups excluding carboxylic acids is 1. The summed E-state index contributed by atoms with van der Waals surface area (Å²) < 4.78 is 5.38. The standard InChI is InChI=1S/C16H24O2.C2H6/c1-5-6-7-14-8-10-15(11-9-14)16(17)18-13(4)12(2)3;1-2/h8-13H,5-7H2,1-4H3;1-2H3. The van der Waals surface area contributed by atoms with Gasteiger partial charge in [0.2, 0.25) is 0 Å². The number of benzene rings is 1. The first-order chi connectivity index (χ1) is 9.54. The summed E-state index contributed by atoms with van der Waals surface area (Å²) in [6.45, 7) is 12.2. The molecule has 1 unspecified atom stereocenters. The van der Waals surface area contributed by atoms with E-state index in [2.05, 4.69) is 6.92 Å². The molecule has 0 radical (unpaired) electrons. The molecule has 0 N–H and O–H groups in total. The third-order valence-electron chi connectivity index (χ3n) is 3.24. The minimum absolute atomic E-state index is 0.0442. The van der Waals surface area contributed by atoms with Crippen molar-refractivity contribution in [1.29, 1.82) is 0 Å². The van der Waals surface area contributed by atoms with E-state index in [0.717, 1.165) is 6.42 Å². The molecule has 1 aromatic carbocycles. The van der Waals surface area contributed by atoms with E-state index in [4.69, 9.17) is 4.74 Å². The zero-order chi connectivity index (χ0) is 15.5. The summed E-state index contributed by atoms with van der Waals surface area (Å²) >= 11 is 0. The highest BCUT2D eigenvalue weighted by Crippen LogP contribution is 2.12. The summed E-state index contributed by atoms with van der Waals surface area (Å²) in [4.78, 5) is 11.9. The number of aryl methyl sites for hydroxylation is 1. The number of hydrogen-bond donors (Lipinski definition) is 0. The van der Waals surface area contributed by atoms with Gasteiger partial charge in [-0.2, -0.15) is 0 Å². The topological polar surface area (TPSA) is 26.3 Å². The van der Waals surface area contributed by atoms with Gasteiger partial charge in [-0.3, -0.25) is 0 Å². The molecule has 0 bridgehead atoms. The lowest BCUT2D eigenvalue weighted by Gasteiger charge is -2.16. The molecule has 0 saturated carbocycles. The number of unbranched alkanes of at least 4 members (excludes halogenated alkanes) is 1. The predicted octanol–water partition coefficient (Wildman–Crippen LogP) is 5.26. The van der Waals surface area contributed by atoms with Gasteiger partial charge in [0.25, 0.3) is 0 Å². The molecule has 1 aromatic rings. The van der Waals surface area contributed by atoms with Crippen LogP contribution in [-0.4, -0.2) is 12.1 Å². The molecular weight excluding hydrogens is 248 g/mol. The summed E-state index contributed by atoms with van der Waals surface area (Å²) in [5.41, 5.74) is 1.92. The summed E-state index contributed by atoms with van der Waals surface area (Å²) in [6, 6.07) is 7.76. The second-order valence-electron chi connectivity index (χ2n) is 5.15. The highest BCUT2D eigenvalue weighted by molar-refractivity contribution is 5.89. The smallest absolute Gasteiger partial charge is 0.338 e. The lowest BCUT2D eigenvalue weighted by Crippen LogP contribution is -2.20. The summed E-state index contributed by atoms with van der Waals surface area (Å²) in [5, 5.41) is 0. The Bertz CT molecular complexity index is 366. The fourth-order valence-electron chi connectivity index (χ4n) is 1.56. The second kappa shape index (κ2) is 10.5. The van der Waals surface area contributed by atoms with Crippen molar-refractivity contribution in [1.82, 2.24) is 0 Å². The van der Waals surface area contributed by atoms with Crippen molar-refractivity contribution >= 4 is 5.97 Å². The Kier molecular flexibility index (Phi) is 9.79. The highest BCUT2D eigenvalue weighted by atomic mass is 16.5. The number of carbonyl (C=O) groups is 1. The monoisotopic (exact) mass is 278 g/mol. The van der Waals surface area contributed by atoms with Crippen LogP contribution in [0.3, 0.4) is 0 Å². The number of ether oxygens (including phenoxy) is 1. The third kappa shape index (κ3) is 6.74. The van der Waals surface area contributed by atoms with Crippen molar-refractivity contribution in [2.24, 2.45) is 5.92 Å². The second-order valence-corrected chi connectivity index (χ2v) is 5.15. The Morgan fingerprint density at radius 3 is 2.10 bits per heavy atom. The van der Waals surface area contributed by atoms with Crippen molar-refractivity contribution in [2.45, 2.75) is 66.9 Å². The fourth-order valence-corrected chi connectivity index (χ4v) is 1.56. The van der Waals surface area contributed by atoms with Crippen molar-refractivity contribution in [3.63, 3.8) is 0 Å². The molecule has 0 saturated heterocycles. The SMILES string of the molecule is CC.CCCCc1ccc(C(=O)OC(C)C(C)C)cc1. The minimum Gasteiger partial charge on any atom is -0.459 e. The van der Waals surface area contributed by atoms with Crippen LogP contribution in [0.2, 0.25) is 0 Å². The Morgan fingerprint density at radius 2 is 1.65 bits per heavy atom. The van der Waals surface area contributed by atoms with E-state index in [0.29, 0.717) is 11.5 Å². The molecule has 0 aromatic heterocycles. The molecule has 20 heavy (non-hydrogen) atoms. The van der Waals surface area contributed by atoms with Crippen molar-refractivity contribution < 1.29 is 9.53 Å². The molecule has 0 fully saturated rings. The van der Waals surface area contributed by atoms with Gasteiger partial charge in [0.05, 0.1) is 5.56 Å². The molecule has 0 aliphatic rings. The molecule has 0 aliphatic carbocycles. The van der Waals surface area contributed by atoms with Gasteiger partial charge in [0.1, 0.15) is 6.10 Å². The Morgan fingerprint density at radius 1 is 1.10 bits per heavy atom. The molecule has 0 aliphatic heterocycles. The van der Waals surface area contributed by atoms with E-state index in [1.54, 1.807) is 0 Å².